The van der Waals surface area contributed by atoms with Crippen molar-refractivity contribution in [1.29, 1.82) is 0 Å². The van der Waals surface area contributed by atoms with E-state index in [1.807, 2.05) is 18.2 Å². The minimum atomic E-state index is 0.861. The first kappa shape index (κ1) is 15.4. The third-order valence-electron chi connectivity index (χ3n) is 3.49. The fourth-order valence-corrected chi connectivity index (χ4v) is 2.41. The molecule has 0 heterocycles. The summed E-state index contributed by atoms with van der Waals surface area (Å²) in [5.74, 6) is 0.906. The van der Waals surface area contributed by atoms with Gasteiger partial charge in [-0.15, -0.1) is 0 Å². The summed E-state index contributed by atoms with van der Waals surface area (Å²) in [7, 11) is 3.80. The van der Waals surface area contributed by atoms with E-state index in [0.29, 0.717) is 0 Å². The first-order chi connectivity index (χ1) is 10.2. The number of para-hydroxylation sites is 2. The van der Waals surface area contributed by atoms with Crippen molar-refractivity contribution in [3.63, 3.8) is 0 Å². The van der Waals surface area contributed by atoms with Gasteiger partial charge in [0, 0.05) is 20.1 Å². The van der Waals surface area contributed by atoms with Gasteiger partial charge >= 0.3 is 0 Å². The molecule has 0 fully saturated rings. The van der Waals surface area contributed by atoms with E-state index in [9.17, 15) is 0 Å². The van der Waals surface area contributed by atoms with Crippen LogP contribution in [0.1, 0.15) is 18.1 Å². The lowest BCUT2D eigenvalue weighted by Gasteiger charge is -2.22. The van der Waals surface area contributed by atoms with Gasteiger partial charge in [0.2, 0.25) is 0 Å². The van der Waals surface area contributed by atoms with E-state index >= 15 is 0 Å². The van der Waals surface area contributed by atoms with Gasteiger partial charge in [-0.05, 0) is 29.8 Å². The van der Waals surface area contributed by atoms with Crippen molar-refractivity contribution in [3.8, 4) is 5.75 Å². The van der Waals surface area contributed by atoms with E-state index in [2.05, 4.69) is 54.5 Å². The summed E-state index contributed by atoms with van der Waals surface area (Å²) in [4.78, 5) is 2.21. The summed E-state index contributed by atoms with van der Waals surface area (Å²) < 4.78 is 5.43. The van der Waals surface area contributed by atoms with Crippen LogP contribution in [-0.2, 0) is 13.1 Å². The molecule has 1 N–H and O–H groups in total. The summed E-state index contributed by atoms with van der Waals surface area (Å²) in [6.07, 6.45) is 0. The number of rotatable bonds is 7. The molecule has 3 heteroatoms. The fourth-order valence-electron chi connectivity index (χ4n) is 2.41. The van der Waals surface area contributed by atoms with Crippen molar-refractivity contribution in [2.45, 2.75) is 20.0 Å². The predicted molar refractivity (Wildman–Crippen MR) is 88.9 cm³/mol. The molecule has 3 nitrogen and oxygen atoms in total. The molecule has 0 saturated heterocycles. The second kappa shape index (κ2) is 7.70. The van der Waals surface area contributed by atoms with Crippen molar-refractivity contribution in [2.24, 2.45) is 0 Å². The minimum absolute atomic E-state index is 0.861. The normalized spacial score (nSPS) is 10.4. The molecule has 21 heavy (non-hydrogen) atoms. The zero-order chi connectivity index (χ0) is 15.1. The Hall–Kier alpha value is -2.00. The Morgan fingerprint density at radius 1 is 1.05 bits per heavy atom. The van der Waals surface area contributed by atoms with E-state index in [1.165, 1.54) is 11.1 Å². The van der Waals surface area contributed by atoms with Gasteiger partial charge in [0.15, 0.2) is 0 Å². The van der Waals surface area contributed by atoms with Crippen LogP contribution in [-0.4, -0.2) is 20.7 Å². The molecule has 0 bridgehead atoms. The summed E-state index contributed by atoms with van der Waals surface area (Å²) in [6.45, 7) is 4.90. The predicted octanol–water partition coefficient (Wildman–Crippen LogP) is 3.44. The Kier molecular flexibility index (Phi) is 5.64. The number of hydrogen-bond acceptors (Lipinski definition) is 3. The number of anilines is 1. The highest BCUT2D eigenvalue weighted by Gasteiger charge is 2.08. The average Bonchev–Trinajstić information content (AvgIpc) is 2.53. The zero-order valence-electron chi connectivity index (χ0n) is 13.1. The lowest BCUT2D eigenvalue weighted by Crippen LogP contribution is -2.17. The highest BCUT2D eigenvalue weighted by Crippen LogP contribution is 2.27. The van der Waals surface area contributed by atoms with E-state index < -0.39 is 0 Å². The Morgan fingerprint density at radius 2 is 1.81 bits per heavy atom. The van der Waals surface area contributed by atoms with E-state index in [0.717, 1.165) is 31.1 Å². The largest absolute Gasteiger partial charge is 0.495 e. The zero-order valence-corrected chi connectivity index (χ0v) is 13.1. The maximum absolute atomic E-state index is 5.43. The Balaban J connectivity index is 2.10. The summed E-state index contributed by atoms with van der Waals surface area (Å²) in [6, 6.07) is 16.8. The second-order valence-electron chi connectivity index (χ2n) is 5.13. The third-order valence-corrected chi connectivity index (χ3v) is 3.49. The average molecular weight is 284 g/mol. The minimum Gasteiger partial charge on any atom is -0.495 e. The second-order valence-corrected chi connectivity index (χ2v) is 5.13. The number of benzene rings is 2. The van der Waals surface area contributed by atoms with Crippen molar-refractivity contribution >= 4 is 5.69 Å². The van der Waals surface area contributed by atoms with Crippen LogP contribution in [0.5, 0.6) is 5.75 Å². The molecule has 0 amide bonds. The molecule has 0 radical (unpaired) electrons. The quantitative estimate of drug-likeness (QED) is 0.843. The lowest BCUT2D eigenvalue weighted by molar-refractivity contribution is 0.415. The molecule has 0 aliphatic carbocycles. The standard InChI is InChI=1S/C18H24N2O/c1-4-19-13-15-8-7-9-16(12-15)14-20(2)17-10-5-6-11-18(17)21-3/h5-12,19H,4,13-14H2,1-3H3. The monoisotopic (exact) mass is 284 g/mol. The van der Waals surface area contributed by atoms with Crippen LogP contribution in [0.15, 0.2) is 48.5 Å². The molecule has 2 aromatic rings. The van der Waals surface area contributed by atoms with Crippen LogP contribution < -0.4 is 15.0 Å². The highest BCUT2D eigenvalue weighted by atomic mass is 16.5. The fraction of sp³-hybridized carbons (Fsp3) is 0.333. The Bertz CT molecular complexity index is 569. The van der Waals surface area contributed by atoms with Gasteiger partial charge in [0.05, 0.1) is 12.8 Å². The molecule has 0 aliphatic rings. The molecule has 0 aromatic heterocycles. The van der Waals surface area contributed by atoms with Gasteiger partial charge in [0.1, 0.15) is 5.75 Å². The molecule has 0 unspecified atom stereocenters. The van der Waals surface area contributed by atoms with Crippen LogP contribution >= 0.6 is 0 Å². The summed E-state index contributed by atoms with van der Waals surface area (Å²) in [5, 5.41) is 3.36. The van der Waals surface area contributed by atoms with Gasteiger partial charge in [-0.2, -0.15) is 0 Å². The van der Waals surface area contributed by atoms with Crippen LogP contribution in [0, 0.1) is 0 Å². The van der Waals surface area contributed by atoms with Gasteiger partial charge in [-0.1, -0.05) is 43.3 Å². The Morgan fingerprint density at radius 3 is 2.57 bits per heavy atom. The van der Waals surface area contributed by atoms with Crippen molar-refractivity contribution < 1.29 is 4.74 Å². The van der Waals surface area contributed by atoms with Crippen molar-refractivity contribution in [1.82, 2.24) is 5.32 Å². The van der Waals surface area contributed by atoms with Crippen molar-refractivity contribution in [3.05, 3.63) is 59.7 Å². The van der Waals surface area contributed by atoms with Gasteiger partial charge in [0.25, 0.3) is 0 Å². The van der Waals surface area contributed by atoms with E-state index in [1.54, 1.807) is 7.11 Å². The molecule has 0 spiro atoms. The van der Waals surface area contributed by atoms with Crippen LogP contribution in [0.3, 0.4) is 0 Å². The molecule has 0 atom stereocenters. The molecule has 0 aliphatic heterocycles. The number of hydrogen-bond donors (Lipinski definition) is 1. The van der Waals surface area contributed by atoms with Crippen LogP contribution in [0.25, 0.3) is 0 Å². The summed E-state index contributed by atoms with van der Waals surface area (Å²) in [5.41, 5.74) is 3.73. The number of methoxy groups -OCH3 is 1. The molecule has 2 aromatic carbocycles. The maximum Gasteiger partial charge on any atom is 0.142 e. The number of nitrogens with zero attached hydrogens (tertiary/aromatic N) is 1. The molecular weight excluding hydrogens is 260 g/mol. The maximum atomic E-state index is 5.43. The van der Waals surface area contributed by atoms with E-state index in [-0.39, 0.29) is 0 Å². The smallest absolute Gasteiger partial charge is 0.142 e. The Labute approximate surface area is 127 Å². The molecule has 112 valence electrons. The topological polar surface area (TPSA) is 24.5 Å². The number of nitrogens with one attached hydrogen (secondary N) is 1. The first-order valence-corrected chi connectivity index (χ1v) is 7.37. The summed E-state index contributed by atoms with van der Waals surface area (Å²) >= 11 is 0. The third kappa shape index (κ3) is 4.23. The van der Waals surface area contributed by atoms with Gasteiger partial charge in [-0.25, -0.2) is 0 Å². The number of ether oxygens (including phenoxy) is 1. The molecular formula is C18H24N2O. The van der Waals surface area contributed by atoms with Gasteiger partial charge in [-0.3, -0.25) is 0 Å². The van der Waals surface area contributed by atoms with Gasteiger partial charge < -0.3 is 15.0 Å². The molecule has 2 rings (SSSR count). The first-order valence-electron chi connectivity index (χ1n) is 7.37. The lowest BCUT2D eigenvalue weighted by atomic mass is 10.1. The highest BCUT2D eigenvalue weighted by molar-refractivity contribution is 5.58. The van der Waals surface area contributed by atoms with E-state index in [4.69, 9.17) is 4.74 Å². The van der Waals surface area contributed by atoms with Crippen LogP contribution in [0.4, 0.5) is 5.69 Å². The van der Waals surface area contributed by atoms with Crippen LogP contribution in [0.2, 0.25) is 0 Å². The molecule has 0 saturated carbocycles. The van der Waals surface area contributed by atoms with Crippen molar-refractivity contribution in [2.75, 3.05) is 25.6 Å². The SMILES string of the molecule is CCNCc1cccc(CN(C)c2ccccc2OC)c1.